The lowest BCUT2D eigenvalue weighted by Gasteiger charge is -2.14. The number of ether oxygens (including phenoxy) is 1. The minimum Gasteiger partial charge on any atom is -0.434 e. The fraction of sp³-hybridized carbons (Fsp3) is 0.333. The Balaban J connectivity index is 0.00000196. The quantitative estimate of drug-likeness (QED) is 0.839. The molecular weight excluding hydrogens is 226 g/mol. The summed E-state index contributed by atoms with van der Waals surface area (Å²) in [5, 5.41) is 0. The van der Waals surface area contributed by atoms with E-state index in [-0.39, 0.29) is 24.7 Å². The van der Waals surface area contributed by atoms with Crippen molar-refractivity contribution in [3.8, 4) is 5.75 Å². The van der Waals surface area contributed by atoms with Crippen molar-refractivity contribution in [1.29, 1.82) is 0 Å². The fourth-order valence-corrected chi connectivity index (χ4v) is 1.12. The minimum atomic E-state index is -2.85. The zero-order valence-electron chi connectivity index (χ0n) is 7.90. The molecule has 0 unspecified atom stereocenters. The predicted molar refractivity (Wildman–Crippen MR) is 56.3 cm³/mol. The number of alkyl halides is 2. The van der Waals surface area contributed by atoms with Crippen LogP contribution in [-0.2, 0) is 0 Å². The molecule has 3 nitrogen and oxygen atoms in total. The van der Waals surface area contributed by atoms with Gasteiger partial charge in [-0.25, -0.2) is 0 Å². The molecule has 0 aliphatic carbocycles. The number of hydrogen-bond acceptors (Lipinski definition) is 3. The summed E-state index contributed by atoms with van der Waals surface area (Å²) < 4.78 is 28.2. The summed E-state index contributed by atoms with van der Waals surface area (Å²) in [6.07, 6.45) is 0. The third kappa shape index (κ3) is 3.99. The van der Waals surface area contributed by atoms with Crippen molar-refractivity contribution in [2.45, 2.75) is 12.7 Å². The lowest BCUT2D eigenvalue weighted by molar-refractivity contribution is -0.0506. The molecule has 0 aliphatic heterocycles. The Morgan fingerprint density at radius 2 is 1.87 bits per heavy atom. The maximum absolute atomic E-state index is 12.0. The first-order chi connectivity index (χ1) is 6.65. The molecule has 0 aromatic heterocycles. The summed E-state index contributed by atoms with van der Waals surface area (Å²) in [5.41, 5.74) is 11.5. The molecule has 0 spiro atoms. The van der Waals surface area contributed by atoms with E-state index < -0.39 is 12.7 Å². The SMILES string of the molecule is Cl.NC[C@H](N)c1ccccc1OC(F)F. The van der Waals surface area contributed by atoms with E-state index in [2.05, 4.69) is 4.74 Å². The minimum absolute atomic E-state index is 0. The third-order valence-electron chi connectivity index (χ3n) is 1.79. The van der Waals surface area contributed by atoms with Crippen LogP contribution in [0.3, 0.4) is 0 Å². The number of hydrogen-bond donors (Lipinski definition) is 2. The molecule has 0 amide bonds. The first-order valence-corrected chi connectivity index (χ1v) is 4.14. The van der Waals surface area contributed by atoms with Crippen molar-refractivity contribution in [3.05, 3.63) is 29.8 Å². The van der Waals surface area contributed by atoms with Crippen molar-refractivity contribution in [2.24, 2.45) is 11.5 Å². The summed E-state index contributed by atoms with van der Waals surface area (Å²) in [6.45, 7) is -2.66. The average Bonchev–Trinajstić information content (AvgIpc) is 2.16. The van der Waals surface area contributed by atoms with Crippen LogP contribution in [0.2, 0.25) is 0 Å². The second-order valence-corrected chi connectivity index (χ2v) is 2.76. The highest BCUT2D eigenvalue weighted by molar-refractivity contribution is 5.85. The molecule has 0 saturated heterocycles. The molecule has 0 aliphatic rings. The maximum atomic E-state index is 12.0. The Morgan fingerprint density at radius 1 is 1.27 bits per heavy atom. The number of rotatable bonds is 4. The van der Waals surface area contributed by atoms with Crippen molar-refractivity contribution in [3.63, 3.8) is 0 Å². The van der Waals surface area contributed by atoms with Gasteiger partial charge in [-0.3, -0.25) is 0 Å². The smallest absolute Gasteiger partial charge is 0.387 e. The normalized spacial score (nSPS) is 12.1. The van der Waals surface area contributed by atoms with Gasteiger partial charge in [0.2, 0.25) is 0 Å². The molecule has 15 heavy (non-hydrogen) atoms. The van der Waals surface area contributed by atoms with E-state index in [1.54, 1.807) is 18.2 Å². The second-order valence-electron chi connectivity index (χ2n) is 2.76. The zero-order valence-corrected chi connectivity index (χ0v) is 8.71. The topological polar surface area (TPSA) is 61.3 Å². The van der Waals surface area contributed by atoms with Crippen LogP contribution in [0.1, 0.15) is 11.6 Å². The van der Waals surface area contributed by atoms with Gasteiger partial charge in [0.15, 0.2) is 0 Å². The fourth-order valence-electron chi connectivity index (χ4n) is 1.12. The molecule has 1 aromatic carbocycles. The zero-order chi connectivity index (χ0) is 10.6. The first-order valence-electron chi connectivity index (χ1n) is 4.14. The van der Waals surface area contributed by atoms with Crippen molar-refractivity contribution < 1.29 is 13.5 Å². The molecular formula is C9H13ClF2N2O. The first kappa shape index (κ1) is 14.1. The van der Waals surface area contributed by atoms with Gasteiger partial charge >= 0.3 is 6.61 Å². The standard InChI is InChI=1S/C9H12F2N2O.ClH/c10-9(11)14-8-4-2-1-3-6(8)7(13)5-12;/h1-4,7,9H,5,12-13H2;1H/t7-;/m0./s1. The van der Waals surface area contributed by atoms with Crippen molar-refractivity contribution in [2.75, 3.05) is 6.54 Å². The molecule has 0 saturated carbocycles. The molecule has 4 N–H and O–H groups in total. The van der Waals surface area contributed by atoms with Gasteiger partial charge in [0.1, 0.15) is 5.75 Å². The van der Waals surface area contributed by atoms with Gasteiger partial charge in [-0.05, 0) is 6.07 Å². The molecule has 1 rings (SSSR count). The van der Waals surface area contributed by atoms with Gasteiger partial charge in [0.05, 0.1) is 0 Å². The van der Waals surface area contributed by atoms with Gasteiger partial charge in [-0.1, -0.05) is 18.2 Å². The molecule has 0 radical (unpaired) electrons. The van der Waals surface area contributed by atoms with Crippen LogP contribution >= 0.6 is 12.4 Å². The van der Waals surface area contributed by atoms with Crippen LogP contribution in [-0.4, -0.2) is 13.2 Å². The van der Waals surface area contributed by atoms with Crippen LogP contribution in [0.4, 0.5) is 8.78 Å². The maximum Gasteiger partial charge on any atom is 0.387 e. The van der Waals surface area contributed by atoms with Gasteiger partial charge in [-0.2, -0.15) is 8.78 Å². The second kappa shape index (κ2) is 6.55. The Morgan fingerprint density at radius 3 is 2.40 bits per heavy atom. The molecule has 0 heterocycles. The van der Waals surface area contributed by atoms with Gasteiger partial charge < -0.3 is 16.2 Å². The Bertz CT molecular complexity index is 299. The molecule has 86 valence electrons. The highest BCUT2D eigenvalue weighted by Crippen LogP contribution is 2.24. The lowest BCUT2D eigenvalue weighted by Crippen LogP contribution is -2.21. The largest absolute Gasteiger partial charge is 0.434 e. The molecule has 0 bridgehead atoms. The summed E-state index contributed by atoms with van der Waals surface area (Å²) in [7, 11) is 0. The Hall–Kier alpha value is -0.910. The van der Waals surface area contributed by atoms with Crippen molar-refractivity contribution >= 4 is 12.4 Å². The molecule has 1 aromatic rings. The summed E-state index contributed by atoms with van der Waals surface area (Å²) in [4.78, 5) is 0. The van der Waals surface area contributed by atoms with Crippen LogP contribution in [0, 0.1) is 0 Å². The summed E-state index contributed by atoms with van der Waals surface area (Å²) >= 11 is 0. The highest BCUT2D eigenvalue weighted by Gasteiger charge is 2.13. The van der Waals surface area contributed by atoms with E-state index in [1.165, 1.54) is 6.07 Å². The van der Waals surface area contributed by atoms with Crippen LogP contribution < -0.4 is 16.2 Å². The van der Waals surface area contributed by atoms with Crippen LogP contribution in [0.5, 0.6) is 5.75 Å². The Kier molecular flexibility index (Phi) is 6.15. The van der Waals surface area contributed by atoms with E-state index in [9.17, 15) is 8.78 Å². The van der Waals surface area contributed by atoms with E-state index in [1.807, 2.05) is 0 Å². The van der Waals surface area contributed by atoms with E-state index in [0.29, 0.717) is 5.56 Å². The summed E-state index contributed by atoms with van der Waals surface area (Å²) in [5.74, 6) is 0.0838. The van der Waals surface area contributed by atoms with Crippen molar-refractivity contribution in [1.82, 2.24) is 0 Å². The Labute approximate surface area is 92.8 Å². The van der Waals surface area contributed by atoms with Gasteiger partial charge in [0.25, 0.3) is 0 Å². The number of nitrogens with two attached hydrogens (primary N) is 2. The van der Waals surface area contributed by atoms with Crippen LogP contribution in [0.25, 0.3) is 0 Å². The number of para-hydroxylation sites is 1. The van der Waals surface area contributed by atoms with Crippen LogP contribution in [0.15, 0.2) is 24.3 Å². The van der Waals surface area contributed by atoms with E-state index >= 15 is 0 Å². The van der Waals surface area contributed by atoms with Gasteiger partial charge in [-0.15, -0.1) is 12.4 Å². The molecule has 1 atom stereocenters. The van der Waals surface area contributed by atoms with E-state index in [4.69, 9.17) is 11.5 Å². The molecule has 0 fully saturated rings. The number of benzene rings is 1. The van der Waals surface area contributed by atoms with E-state index in [0.717, 1.165) is 0 Å². The predicted octanol–water partition coefficient (Wildman–Crippen LogP) is 1.67. The number of halogens is 3. The summed E-state index contributed by atoms with van der Waals surface area (Å²) in [6, 6.07) is 5.88. The monoisotopic (exact) mass is 238 g/mol. The highest BCUT2D eigenvalue weighted by atomic mass is 35.5. The van der Waals surface area contributed by atoms with Gasteiger partial charge in [0, 0.05) is 18.2 Å². The third-order valence-corrected chi connectivity index (χ3v) is 1.79. The average molecular weight is 239 g/mol. The molecule has 6 heteroatoms. The lowest BCUT2D eigenvalue weighted by atomic mass is 10.1.